The van der Waals surface area contributed by atoms with Gasteiger partial charge in [-0.25, -0.2) is 4.99 Å². The number of aromatic nitrogens is 2. The Morgan fingerprint density at radius 3 is 2.82 bits per heavy atom. The number of aromatic amines is 1. The SMILES string of the molecule is C=C(/N=C(\C=C/C)Nc1cc(C2CC2)[nH]n1)N1CC2CC(C(C)(C)NC)(C2)C1. The van der Waals surface area contributed by atoms with Crippen LogP contribution >= 0.6 is 0 Å². The summed E-state index contributed by atoms with van der Waals surface area (Å²) >= 11 is 0. The van der Waals surface area contributed by atoms with Gasteiger partial charge in [-0.15, -0.1) is 0 Å². The van der Waals surface area contributed by atoms with E-state index in [1.165, 1.54) is 31.4 Å². The van der Waals surface area contributed by atoms with Gasteiger partial charge in [0, 0.05) is 41.7 Å². The molecule has 152 valence electrons. The van der Waals surface area contributed by atoms with E-state index < -0.39 is 0 Å². The third kappa shape index (κ3) is 3.50. The van der Waals surface area contributed by atoms with E-state index in [0.717, 1.165) is 36.5 Å². The van der Waals surface area contributed by atoms with E-state index in [0.29, 0.717) is 11.3 Å². The van der Waals surface area contributed by atoms with Crippen molar-refractivity contribution in [3.8, 4) is 0 Å². The minimum Gasteiger partial charge on any atom is -0.356 e. The summed E-state index contributed by atoms with van der Waals surface area (Å²) in [6.45, 7) is 13.0. The molecular weight excluding hydrogens is 348 g/mol. The first-order valence-electron chi connectivity index (χ1n) is 10.5. The van der Waals surface area contributed by atoms with Gasteiger partial charge in [0.2, 0.25) is 0 Å². The molecule has 0 radical (unpaired) electrons. The number of aliphatic imine (C=N–C) groups is 1. The van der Waals surface area contributed by atoms with Gasteiger partial charge in [0.25, 0.3) is 0 Å². The van der Waals surface area contributed by atoms with Crippen LogP contribution in [0, 0.1) is 11.3 Å². The highest BCUT2D eigenvalue weighted by molar-refractivity contribution is 6.03. The number of allylic oxidation sites excluding steroid dienone is 1. The van der Waals surface area contributed by atoms with Gasteiger partial charge in [0.1, 0.15) is 11.7 Å². The van der Waals surface area contributed by atoms with Crippen LogP contribution in [-0.4, -0.2) is 46.6 Å². The van der Waals surface area contributed by atoms with Gasteiger partial charge < -0.3 is 15.5 Å². The van der Waals surface area contributed by atoms with Crippen LogP contribution in [0.15, 0.2) is 35.6 Å². The van der Waals surface area contributed by atoms with E-state index in [-0.39, 0.29) is 5.54 Å². The van der Waals surface area contributed by atoms with Crippen molar-refractivity contribution < 1.29 is 0 Å². The molecule has 3 heterocycles. The lowest BCUT2D eigenvalue weighted by atomic mass is 9.51. The number of hydrogen-bond acceptors (Lipinski definition) is 4. The summed E-state index contributed by atoms with van der Waals surface area (Å²) in [5.41, 5.74) is 1.64. The fourth-order valence-corrected chi connectivity index (χ4v) is 4.82. The Morgan fingerprint density at radius 2 is 2.18 bits per heavy atom. The number of piperidine rings is 2. The summed E-state index contributed by atoms with van der Waals surface area (Å²) < 4.78 is 0. The summed E-state index contributed by atoms with van der Waals surface area (Å²) in [6, 6.07) is 2.10. The average Bonchev–Trinajstić information content (AvgIpc) is 3.40. The molecule has 1 aromatic rings. The first-order chi connectivity index (χ1) is 13.4. The fourth-order valence-electron chi connectivity index (χ4n) is 4.82. The Morgan fingerprint density at radius 1 is 1.43 bits per heavy atom. The van der Waals surface area contributed by atoms with Gasteiger partial charge >= 0.3 is 0 Å². The van der Waals surface area contributed by atoms with Crippen molar-refractivity contribution in [2.45, 2.75) is 57.9 Å². The molecule has 0 spiro atoms. The molecule has 0 amide bonds. The molecule has 3 N–H and O–H groups in total. The van der Waals surface area contributed by atoms with Crippen LogP contribution in [0.5, 0.6) is 0 Å². The van der Waals surface area contributed by atoms with Crippen LogP contribution < -0.4 is 10.6 Å². The van der Waals surface area contributed by atoms with Gasteiger partial charge in [-0.2, -0.15) is 5.10 Å². The predicted molar refractivity (Wildman–Crippen MR) is 115 cm³/mol. The molecule has 0 unspecified atom stereocenters. The van der Waals surface area contributed by atoms with Crippen molar-refractivity contribution in [3.63, 3.8) is 0 Å². The number of hydrogen-bond donors (Lipinski definition) is 3. The van der Waals surface area contributed by atoms with Crippen molar-refractivity contribution in [3.05, 3.63) is 36.3 Å². The summed E-state index contributed by atoms with van der Waals surface area (Å²) in [5.74, 6) is 3.84. The van der Waals surface area contributed by atoms with E-state index in [4.69, 9.17) is 4.99 Å². The van der Waals surface area contributed by atoms with Crippen molar-refractivity contribution in [1.82, 2.24) is 20.4 Å². The topological polar surface area (TPSA) is 68.3 Å². The Bertz CT molecular complexity index is 792. The number of nitrogens with one attached hydrogen (secondary N) is 3. The highest BCUT2D eigenvalue weighted by Gasteiger charge is 2.57. The number of H-pyrrole nitrogens is 1. The second kappa shape index (κ2) is 7.07. The van der Waals surface area contributed by atoms with Crippen molar-refractivity contribution in [1.29, 1.82) is 0 Å². The van der Waals surface area contributed by atoms with Crippen LogP contribution in [-0.2, 0) is 0 Å². The lowest BCUT2D eigenvalue weighted by Gasteiger charge is -2.63. The molecule has 6 heteroatoms. The number of fused-ring (bicyclic) bond motifs is 2. The average molecular weight is 383 g/mol. The molecule has 28 heavy (non-hydrogen) atoms. The second-order valence-corrected chi connectivity index (χ2v) is 9.33. The standard InChI is InChI=1S/C22H34N6/c1-6-7-19(25-20-10-18(26-27-20)17-8-9-17)24-15(2)28-13-16-11-22(12-16,14-28)21(3,4)23-5/h6-7,10,16-17,23H,2,8-9,11-14H2,1,3-5H3,(H2,24,25,26,27)/b7-6-. The molecule has 0 aromatic carbocycles. The van der Waals surface area contributed by atoms with Gasteiger partial charge in [-0.3, -0.25) is 5.10 Å². The molecular formula is C22H34N6. The van der Waals surface area contributed by atoms with Crippen LogP contribution in [0.25, 0.3) is 0 Å². The second-order valence-electron chi connectivity index (χ2n) is 9.33. The van der Waals surface area contributed by atoms with Crippen LogP contribution in [0.4, 0.5) is 5.82 Å². The molecule has 2 bridgehead atoms. The summed E-state index contributed by atoms with van der Waals surface area (Å²) in [4.78, 5) is 7.19. The van der Waals surface area contributed by atoms with Crippen molar-refractivity contribution in [2.24, 2.45) is 16.3 Å². The van der Waals surface area contributed by atoms with Crippen LogP contribution in [0.1, 0.15) is 58.1 Å². The first kappa shape index (κ1) is 19.2. The minimum absolute atomic E-state index is 0.116. The number of amidine groups is 1. The van der Waals surface area contributed by atoms with Crippen LogP contribution in [0.2, 0.25) is 0 Å². The van der Waals surface area contributed by atoms with Crippen molar-refractivity contribution >= 4 is 11.7 Å². The lowest BCUT2D eigenvalue weighted by Crippen LogP contribution is -2.67. The number of nitrogens with zero attached hydrogens (tertiary/aromatic N) is 3. The first-order valence-corrected chi connectivity index (χ1v) is 10.5. The molecule has 5 rings (SSSR count). The molecule has 2 aliphatic carbocycles. The van der Waals surface area contributed by atoms with E-state index in [1.54, 1.807) is 0 Å². The zero-order valence-corrected chi connectivity index (χ0v) is 17.7. The number of rotatable bonds is 7. The van der Waals surface area contributed by atoms with E-state index in [9.17, 15) is 0 Å². The highest BCUT2D eigenvalue weighted by atomic mass is 15.3. The van der Waals surface area contributed by atoms with E-state index in [2.05, 4.69) is 59.3 Å². The molecule has 1 aromatic heterocycles. The van der Waals surface area contributed by atoms with E-state index in [1.807, 2.05) is 19.1 Å². The Hall–Kier alpha value is -2.08. The lowest BCUT2D eigenvalue weighted by molar-refractivity contribution is -0.100. The normalized spacial score (nSPS) is 27.8. The van der Waals surface area contributed by atoms with E-state index >= 15 is 0 Å². The summed E-state index contributed by atoms with van der Waals surface area (Å²) in [5, 5.41) is 14.4. The highest BCUT2D eigenvalue weighted by Crippen LogP contribution is 2.56. The molecule has 2 saturated carbocycles. The molecule has 2 aliphatic heterocycles. The summed E-state index contributed by atoms with van der Waals surface area (Å²) in [6.07, 6.45) is 9.09. The zero-order valence-electron chi connectivity index (χ0n) is 17.7. The Kier molecular flexibility index (Phi) is 4.86. The van der Waals surface area contributed by atoms with Crippen LogP contribution in [0.3, 0.4) is 0 Å². The molecule has 6 nitrogen and oxygen atoms in total. The molecule has 2 saturated heterocycles. The minimum atomic E-state index is 0.116. The van der Waals surface area contributed by atoms with Gasteiger partial charge in [0.05, 0.1) is 0 Å². The quantitative estimate of drug-likeness (QED) is 0.495. The third-order valence-electron chi connectivity index (χ3n) is 7.09. The monoisotopic (exact) mass is 382 g/mol. The maximum absolute atomic E-state index is 4.82. The molecule has 4 fully saturated rings. The smallest absolute Gasteiger partial charge is 0.153 e. The maximum Gasteiger partial charge on any atom is 0.153 e. The van der Waals surface area contributed by atoms with Gasteiger partial charge in [-0.05, 0) is 65.5 Å². The van der Waals surface area contributed by atoms with Gasteiger partial charge in [-0.1, -0.05) is 12.7 Å². The van der Waals surface area contributed by atoms with Gasteiger partial charge in [0.15, 0.2) is 5.82 Å². The predicted octanol–water partition coefficient (Wildman–Crippen LogP) is 3.85. The largest absolute Gasteiger partial charge is 0.356 e. The number of anilines is 1. The maximum atomic E-state index is 4.82. The summed E-state index contributed by atoms with van der Waals surface area (Å²) in [7, 11) is 2.07. The zero-order chi connectivity index (χ0) is 19.9. The molecule has 0 atom stereocenters. The van der Waals surface area contributed by atoms with Crippen molar-refractivity contribution in [2.75, 3.05) is 25.5 Å². The fraction of sp³-hybridized carbons (Fsp3) is 0.636. The Labute approximate surface area is 168 Å². The molecule has 4 aliphatic rings. The third-order valence-corrected chi connectivity index (χ3v) is 7.09. The Balaban J connectivity index is 1.46.